The molecule has 0 aliphatic heterocycles. The van der Waals surface area contributed by atoms with Crippen LogP contribution in [0.2, 0.25) is 0 Å². The van der Waals surface area contributed by atoms with Crippen molar-refractivity contribution in [2.24, 2.45) is 5.16 Å². The van der Waals surface area contributed by atoms with Crippen molar-refractivity contribution in [3.05, 3.63) is 69.9 Å². The molecule has 0 aliphatic rings. The van der Waals surface area contributed by atoms with Gasteiger partial charge in [-0.1, -0.05) is 46.3 Å². The van der Waals surface area contributed by atoms with Crippen LogP contribution in [0.1, 0.15) is 23.5 Å². The Morgan fingerprint density at radius 1 is 1.16 bits per heavy atom. The van der Waals surface area contributed by atoms with Crippen LogP contribution in [0.4, 0.5) is 4.39 Å². The maximum atomic E-state index is 13.9. The lowest BCUT2D eigenvalue weighted by Crippen LogP contribution is -2.04. The van der Waals surface area contributed by atoms with E-state index in [-0.39, 0.29) is 11.7 Å². The van der Waals surface area contributed by atoms with Crippen LogP contribution in [-0.4, -0.2) is 11.4 Å². The van der Waals surface area contributed by atoms with Crippen molar-refractivity contribution < 1.29 is 9.60 Å². The molecule has 1 atom stereocenters. The molecular weight excluding hydrogens is 309 g/mol. The third-order valence-corrected chi connectivity index (χ3v) is 3.50. The molecule has 0 radical (unpaired) electrons. The van der Waals surface area contributed by atoms with Crippen molar-refractivity contribution in [1.29, 1.82) is 0 Å². The van der Waals surface area contributed by atoms with Gasteiger partial charge in [-0.3, -0.25) is 0 Å². The molecule has 0 fully saturated rings. The molecule has 0 aliphatic carbocycles. The number of rotatable bonds is 4. The van der Waals surface area contributed by atoms with Gasteiger partial charge in [-0.2, -0.15) is 0 Å². The fourth-order valence-corrected chi connectivity index (χ4v) is 2.31. The third kappa shape index (κ3) is 3.41. The highest BCUT2D eigenvalue weighted by Crippen LogP contribution is 2.30. The second-order valence-electron chi connectivity index (χ2n) is 4.16. The molecule has 0 bridgehead atoms. The maximum Gasteiger partial charge on any atom is 0.127 e. The topological polar surface area (TPSA) is 32.6 Å². The van der Waals surface area contributed by atoms with Gasteiger partial charge in [0.05, 0.1) is 0 Å². The second kappa shape index (κ2) is 6.48. The summed E-state index contributed by atoms with van der Waals surface area (Å²) in [5.41, 5.74) is 1.58. The molecule has 0 aromatic heterocycles. The van der Waals surface area contributed by atoms with E-state index in [1.807, 2.05) is 24.3 Å². The van der Waals surface area contributed by atoms with Crippen LogP contribution >= 0.6 is 15.9 Å². The lowest BCUT2D eigenvalue weighted by atomic mass is 9.88. The molecule has 0 amide bonds. The SMILES string of the molecule is ON=CCC(c1ccc(Br)cc1)c1ccccc1F. The first-order valence-corrected chi connectivity index (χ1v) is 6.67. The molecule has 0 saturated heterocycles. The van der Waals surface area contributed by atoms with Gasteiger partial charge in [0.1, 0.15) is 5.82 Å². The molecule has 2 aromatic rings. The third-order valence-electron chi connectivity index (χ3n) is 2.98. The van der Waals surface area contributed by atoms with Gasteiger partial charge in [-0.05, 0) is 35.7 Å². The predicted octanol–water partition coefficient (Wildman–Crippen LogP) is 4.57. The summed E-state index contributed by atoms with van der Waals surface area (Å²) in [5.74, 6) is -0.410. The van der Waals surface area contributed by atoms with E-state index >= 15 is 0 Å². The van der Waals surface area contributed by atoms with Crippen molar-refractivity contribution in [3.8, 4) is 0 Å². The Hall–Kier alpha value is -1.68. The molecular formula is C15H13BrFNO. The highest BCUT2D eigenvalue weighted by atomic mass is 79.9. The van der Waals surface area contributed by atoms with Gasteiger partial charge < -0.3 is 5.21 Å². The van der Waals surface area contributed by atoms with Crippen molar-refractivity contribution in [3.63, 3.8) is 0 Å². The molecule has 1 unspecified atom stereocenters. The van der Waals surface area contributed by atoms with Gasteiger partial charge >= 0.3 is 0 Å². The monoisotopic (exact) mass is 321 g/mol. The Morgan fingerprint density at radius 3 is 2.47 bits per heavy atom. The highest BCUT2D eigenvalue weighted by Gasteiger charge is 2.16. The van der Waals surface area contributed by atoms with E-state index in [9.17, 15) is 4.39 Å². The average Bonchev–Trinajstić information content (AvgIpc) is 2.43. The van der Waals surface area contributed by atoms with Crippen LogP contribution < -0.4 is 0 Å². The van der Waals surface area contributed by atoms with Gasteiger partial charge in [0.2, 0.25) is 0 Å². The van der Waals surface area contributed by atoms with Crippen LogP contribution in [0.15, 0.2) is 58.2 Å². The van der Waals surface area contributed by atoms with Crippen molar-refractivity contribution in [2.45, 2.75) is 12.3 Å². The zero-order valence-corrected chi connectivity index (χ0v) is 11.7. The molecule has 2 aromatic carbocycles. The summed E-state index contributed by atoms with van der Waals surface area (Å²) < 4.78 is 14.9. The summed E-state index contributed by atoms with van der Waals surface area (Å²) >= 11 is 3.38. The average molecular weight is 322 g/mol. The molecule has 98 valence electrons. The van der Waals surface area contributed by atoms with E-state index in [2.05, 4.69) is 21.1 Å². The molecule has 2 nitrogen and oxygen atoms in total. The molecule has 2 rings (SSSR count). The fraction of sp³-hybridized carbons (Fsp3) is 0.133. The number of hydrogen-bond donors (Lipinski definition) is 1. The van der Waals surface area contributed by atoms with Gasteiger partial charge in [0.15, 0.2) is 0 Å². The van der Waals surface area contributed by atoms with E-state index in [1.165, 1.54) is 12.3 Å². The number of nitrogens with zero attached hydrogens (tertiary/aromatic N) is 1. The summed E-state index contributed by atoms with van der Waals surface area (Å²) in [5, 5.41) is 11.6. The molecule has 0 heterocycles. The zero-order valence-electron chi connectivity index (χ0n) is 10.1. The van der Waals surface area contributed by atoms with E-state index in [4.69, 9.17) is 5.21 Å². The van der Waals surface area contributed by atoms with E-state index in [0.717, 1.165) is 10.0 Å². The van der Waals surface area contributed by atoms with Crippen LogP contribution in [0.25, 0.3) is 0 Å². The number of hydrogen-bond acceptors (Lipinski definition) is 2. The van der Waals surface area contributed by atoms with E-state index < -0.39 is 0 Å². The Bertz CT molecular complexity index is 569. The Morgan fingerprint density at radius 2 is 1.84 bits per heavy atom. The number of oxime groups is 1. The Kier molecular flexibility index (Phi) is 4.68. The summed E-state index contributed by atoms with van der Waals surface area (Å²) in [6.45, 7) is 0. The second-order valence-corrected chi connectivity index (χ2v) is 5.08. The highest BCUT2D eigenvalue weighted by molar-refractivity contribution is 9.10. The first-order valence-electron chi connectivity index (χ1n) is 5.88. The van der Waals surface area contributed by atoms with Crippen LogP contribution in [0.3, 0.4) is 0 Å². The zero-order chi connectivity index (χ0) is 13.7. The lowest BCUT2D eigenvalue weighted by molar-refractivity contribution is 0.320. The maximum absolute atomic E-state index is 13.9. The Balaban J connectivity index is 2.41. The smallest absolute Gasteiger partial charge is 0.127 e. The van der Waals surface area contributed by atoms with Crippen LogP contribution in [0.5, 0.6) is 0 Å². The molecule has 0 saturated carbocycles. The lowest BCUT2D eigenvalue weighted by Gasteiger charge is -2.16. The van der Waals surface area contributed by atoms with Gasteiger partial charge in [-0.25, -0.2) is 4.39 Å². The first kappa shape index (κ1) is 13.7. The fourth-order valence-electron chi connectivity index (χ4n) is 2.05. The normalized spacial score (nSPS) is 12.7. The minimum absolute atomic E-state index is 0.162. The van der Waals surface area contributed by atoms with Gasteiger partial charge in [0, 0.05) is 16.6 Å². The number of halogens is 2. The molecule has 1 N–H and O–H groups in total. The van der Waals surface area contributed by atoms with Crippen molar-refractivity contribution in [1.82, 2.24) is 0 Å². The van der Waals surface area contributed by atoms with Crippen LogP contribution in [-0.2, 0) is 0 Å². The van der Waals surface area contributed by atoms with E-state index in [0.29, 0.717) is 12.0 Å². The van der Waals surface area contributed by atoms with Crippen LogP contribution in [0, 0.1) is 5.82 Å². The molecule has 0 spiro atoms. The van der Waals surface area contributed by atoms with Gasteiger partial charge in [0.25, 0.3) is 0 Å². The Labute approximate surface area is 119 Å². The predicted molar refractivity (Wildman–Crippen MR) is 77.3 cm³/mol. The van der Waals surface area contributed by atoms with E-state index in [1.54, 1.807) is 18.2 Å². The summed E-state index contributed by atoms with van der Waals surface area (Å²) in [4.78, 5) is 0. The number of benzene rings is 2. The first-order chi connectivity index (χ1) is 9.22. The van der Waals surface area contributed by atoms with Gasteiger partial charge in [-0.15, -0.1) is 5.16 Å². The summed E-state index contributed by atoms with van der Waals surface area (Å²) in [6.07, 6.45) is 1.83. The molecule has 19 heavy (non-hydrogen) atoms. The van der Waals surface area contributed by atoms with Crippen molar-refractivity contribution >= 4 is 22.1 Å². The minimum Gasteiger partial charge on any atom is -0.411 e. The largest absolute Gasteiger partial charge is 0.411 e. The molecule has 4 heteroatoms. The quantitative estimate of drug-likeness (QED) is 0.499. The minimum atomic E-state index is -0.248. The standard InChI is InChI=1S/C15H13BrFNO/c16-12-7-5-11(6-8-12)13(9-10-18-19)14-3-1-2-4-15(14)17/h1-8,10,13,19H,9H2. The van der Waals surface area contributed by atoms with Crippen molar-refractivity contribution in [2.75, 3.05) is 0 Å². The summed E-state index contributed by atoms with van der Waals surface area (Å²) in [6, 6.07) is 14.4. The summed E-state index contributed by atoms with van der Waals surface area (Å²) in [7, 11) is 0.